The summed E-state index contributed by atoms with van der Waals surface area (Å²) in [5.74, 6) is 0. The fourth-order valence-electron chi connectivity index (χ4n) is 0.743. The summed E-state index contributed by atoms with van der Waals surface area (Å²) in [7, 11) is 0. The zero-order valence-corrected chi connectivity index (χ0v) is 5.97. The molecule has 4 nitrogen and oxygen atoms in total. The van der Waals surface area contributed by atoms with Gasteiger partial charge in [0, 0.05) is 0 Å². The van der Waals surface area contributed by atoms with Gasteiger partial charge in [0.05, 0.1) is 24.4 Å². The van der Waals surface area contributed by atoms with Crippen LogP contribution in [0.3, 0.4) is 0 Å². The average Bonchev–Trinajstić information content (AvgIpc) is 2.32. The van der Waals surface area contributed by atoms with E-state index < -0.39 is 18.6 Å². The summed E-state index contributed by atoms with van der Waals surface area (Å²) in [5.41, 5.74) is 5.30. The molecule has 0 fully saturated rings. The predicted octanol–water partition coefficient (Wildman–Crippen LogP) is 0.757. The summed E-state index contributed by atoms with van der Waals surface area (Å²) < 4.78 is 35.3. The number of rotatable bonds is 2. The van der Waals surface area contributed by atoms with E-state index in [2.05, 4.69) is 15.4 Å². The Hall–Kier alpha value is -1.11. The van der Waals surface area contributed by atoms with E-state index in [1.807, 2.05) is 0 Å². The van der Waals surface area contributed by atoms with Crippen LogP contribution in [0, 0.1) is 0 Å². The summed E-state index contributed by atoms with van der Waals surface area (Å²) in [6.45, 7) is 0. The van der Waals surface area contributed by atoms with Gasteiger partial charge in [0.1, 0.15) is 0 Å². The first-order valence-corrected chi connectivity index (χ1v) is 3.17. The van der Waals surface area contributed by atoms with Crippen molar-refractivity contribution in [2.45, 2.75) is 18.6 Å². The van der Waals surface area contributed by atoms with Crippen molar-refractivity contribution in [2.24, 2.45) is 5.73 Å². The molecule has 0 spiro atoms. The maximum Gasteiger partial charge on any atom is 0.390 e. The first-order chi connectivity index (χ1) is 5.49. The number of alkyl halides is 3. The number of hydrogen-bond donors (Lipinski definition) is 2. The molecular weight excluding hydrogens is 173 g/mol. The summed E-state index contributed by atoms with van der Waals surface area (Å²) in [4.78, 5) is 0. The largest absolute Gasteiger partial charge is 0.390 e. The molecule has 1 heterocycles. The predicted molar refractivity (Wildman–Crippen MR) is 34.0 cm³/mol. The number of hydrogen-bond acceptors (Lipinski definition) is 3. The Bertz CT molecular complexity index is 229. The Morgan fingerprint density at radius 3 is 2.67 bits per heavy atom. The molecule has 0 radical (unpaired) electrons. The molecule has 0 aromatic carbocycles. The van der Waals surface area contributed by atoms with Crippen molar-refractivity contribution < 1.29 is 13.2 Å². The van der Waals surface area contributed by atoms with Gasteiger partial charge in [-0.1, -0.05) is 0 Å². The van der Waals surface area contributed by atoms with Crippen molar-refractivity contribution in [1.82, 2.24) is 15.4 Å². The highest BCUT2D eigenvalue weighted by Crippen LogP contribution is 2.26. The van der Waals surface area contributed by atoms with Gasteiger partial charge in [-0.25, -0.2) is 0 Å². The molecule has 0 aliphatic carbocycles. The molecule has 0 amide bonds. The highest BCUT2D eigenvalue weighted by Gasteiger charge is 2.31. The average molecular weight is 180 g/mol. The van der Waals surface area contributed by atoms with E-state index in [9.17, 15) is 13.2 Å². The number of nitrogens with two attached hydrogens (primary N) is 1. The van der Waals surface area contributed by atoms with Gasteiger partial charge in [-0.2, -0.15) is 28.6 Å². The van der Waals surface area contributed by atoms with Crippen LogP contribution in [0.2, 0.25) is 0 Å². The number of nitrogens with one attached hydrogen (secondary N) is 1. The van der Waals surface area contributed by atoms with Crippen LogP contribution >= 0.6 is 0 Å². The lowest BCUT2D eigenvalue weighted by Gasteiger charge is -2.10. The molecule has 0 saturated carbocycles. The van der Waals surface area contributed by atoms with Gasteiger partial charge < -0.3 is 5.73 Å². The lowest BCUT2D eigenvalue weighted by atomic mass is 10.1. The smallest absolute Gasteiger partial charge is 0.322 e. The minimum atomic E-state index is -4.27. The lowest BCUT2D eigenvalue weighted by Crippen LogP contribution is -2.20. The molecule has 68 valence electrons. The van der Waals surface area contributed by atoms with Crippen LogP contribution in [0.5, 0.6) is 0 Å². The van der Waals surface area contributed by atoms with Crippen LogP contribution < -0.4 is 5.73 Å². The first-order valence-electron chi connectivity index (χ1n) is 3.17. The molecule has 1 aromatic rings. The van der Waals surface area contributed by atoms with E-state index in [1.54, 1.807) is 0 Å². The van der Waals surface area contributed by atoms with Crippen LogP contribution in [0.1, 0.15) is 18.2 Å². The summed E-state index contributed by atoms with van der Waals surface area (Å²) in [6.07, 6.45) is -4.17. The molecule has 1 unspecified atom stereocenters. The maximum absolute atomic E-state index is 11.8. The Labute approximate surface area is 65.9 Å². The van der Waals surface area contributed by atoms with Crippen LogP contribution in [0.25, 0.3) is 0 Å². The van der Waals surface area contributed by atoms with Crippen LogP contribution in [0.4, 0.5) is 13.2 Å². The maximum atomic E-state index is 11.8. The first kappa shape index (κ1) is 8.98. The van der Waals surface area contributed by atoms with E-state index in [-0.39, 0.29) is 5.69 Å². The second-order valence-corrected chi connectivity index (χ2v) is 2.32. The summed E-state index contributed by atoms with van der Waals surface area (Å²) in [5, 5.41) is 8.98. The van der Waals surface area contributed by atoms with Gasteiger partial charge in [-0.3, -0.25) is 0 Å². The minimum Gasteiger partial charge on any atom is -0.322 e. The molecule has 1 atom stereocenters. The number of aromatic nitrogens is 3. The third kappa shape index (κ3) is 2.50. The zero-order valence-electron chi connectivity index (χ0n) is 5.97. The van der Waals surface area contributed by atoms with E-state index in [0.717, 1.165) is 0 Å². The van der Waals surface area contributed by atoms with Gasteiger partial charge >= 0.3 is 6.18 Å². The van der Waals surface area contributed by atoms with Gasteiger partial charge in [0.15, 0.2) is 0 Å². The monoisotopic (exact) mass is 180 g/mol. The minimum absolute atomic E-state index is 0.118. The summed E-state index contributed by atoms with van der Waals surface area (Å²) in [6, 6.07) is -1.14. The van der Waals surface area contributed by atoms with Crippen LogP contribution in [0.15, 0.2) is 6.20 Å². The number of H-pyrrole nitrogens is 1. The van der Waals surface area contributed by atoms with Gasteiger partial charge in [0.2, 0.25) is 0 Å². The zero-order chi connectivity index (χ0) is 9.19. The molecule has 0 saturated heterocycles. The fourth-order valence-corrected chi connectivity index (χ4v) is 0.743. The van der Waals surface area contributed by atoms with Crippen LogP contribution in [-0.4, -0.2) is 21.6 Å². The van der Waals surface area contributed by atoms with E-state index in [4.69, 9.17) is 5.73 Å². The number of halogens is 3. The van der Waals surface area contributed by atoms with Gasteiger partial charge in [0.25, 0.3) is 0 Å². The highest BCUT2D eigenvalue weighted by molar-refractivity contribution is 4.98. The second kappa shape index (κ2) is 3.10. The van der Waals surface area contributed by atoms with Gasteiger partial charge in [-0.15, -0.1) is 0 Å². The van der Waals surface area contributed by atoms with E-state index in [1.165, 1.54) is 6.20 Å². The summed E-state index contributed by atoms with van der Waals surface area (Å²) >= 11 is 0. The fraction of sp³-hybridized carbons (Fsp3) is 0.600. The topological polar surface area (TPSA) is 67.6 Å². The van der Waals surface area contributed by atoms with Crippen molar-refractivity contribution >= 4 is 0 Å². The molecule has 7 heteroatoms. The van der Waals surface area contributed by atoms with Crippen molar-refractivity contribution in [3.05, 3.63) is 11.9 Å². The third-order valence-electron chi connectivity index (χ3n) is 1.26. The SMILES string of the molecule is NC(CC(F)(F)F)c1cn[nH]n1. The molecule has 1 rings (SSSR count). The van der Waals surface area contributed by atoms with E-state index in [0.29, 0.717) is 0 Å². The highest BCUT2D eigenvalue weighted by atomic mass is 19.4. The molecule has 1 aromatic heterocycles. The molecule has 0 bridgehead atoms. The normalized spacial score (nSPS) is 14.7. The Balaban J connectivity index is 2.56. The lowest BCUT2D eigenvalue weighted by molar-refractivity contribution is -0.138. The Kier molecular flexibility index (Phi) is 2.32. The van der Waals surface area contributed by atoms with E-state index >= 15 is 0 Å². The molecule has 0 aliphatic heterocycles. The quantitative estimate of drug-likeness (QED) is 0.705. The van der Waals surface area contributed by atoms with Crippen molar-refractivity contribution in [3.63, 3.8) is 0 Å². The standard InChI is InChI=1S/C5H7F3N4/c6-5(7,8)1-3(9)4-2-10-12-11-4/h2-3H,1,9H2,(H,10,11,12). The number of aromatic amines is 1. The molecule has 0 aliphatic rings. The molecular formula is C5H7F3N4. The van der Waals surface area contributed by atoms with Crippen molar-refractivity contribution in [2.75, 3.05) is 0 Å². The molecule has 3 N–H and O–H groups in total. The van der Waals surface area contributed by atoms with Crippen molar-refractivity contribution in [3.8, 4) is 0 Å². The second-order valence-electron chi connectivity index (χ2n) is 2.32. The Morgan fingerprint density at radius 1 is 1.58 bits per heavy atom. The van der Waals surface area contributed by atoms with Gasteiger partial charge in [-0.05, 0) is 0 Å². The third-order valence-corrected chi connectivity index (χ3v) is 1.26. The van der Waals surface area contributed by atoms with Crippen LogP contribution in [-0.2, 0) is 0 Å². The van der Waals surface area contributed by atoms with Crippen molar-refractivity contribution in [1.29, 1.82) is 0 Å². The Morgan fingerprint density at radius 2 is 2.25 bits per heavy atom. The number of nitrogens with zero attached hydrogens (tertiary/aromatic N) is 2. The molecule has 12 heavy (non-hydrogen) atoms.